The number of hydrogen-bond acceptors (Lipinski definition) is 5. The highest BCUT2D eigenvalue weighted by atomic mass is 19.1. The lowest BCUT2D eigenvalue weighted by Gasteiger charge is -2.32. The molecule has 168 valence electrons. The minimum absolute atomic E-state index is 0.0703. The number of aryl methyl sites for hydroxylation is 3. The summed E-state index contributed by atoms with van der Waals surface area (Å²) in [6.45, 7) is 4.94. The van der Waals surface area contributed by atoms with E-state index < -0.39 is 11.6 Å². The summed E-state index contributed by atoms with van der Waals surface area (Å²) < 4.78 is 33.2. The van der Waals surface area contributed by atoms with Gasteiger partial charge in [0.15, 0.2) is 5.82 Å². The number of carbonyl (C=O) groups is 1. The predicted molar refractivity (Wildman–Crippen MR) is 114 cm³/mol. The molecule has 0 N–H and O–H groups in total. The zero-order chi connectivity index (χ0) is 22.7. The van der Waals surface area contributed by atoms with Gasteiger partial charge in [0.1, 0.15) is 11.6 Å². The third-order valence-corrected chi connectivity index (χ3v) is 5.86. The van der Waals surface area contributed by atoms with E-state index >= 15 is 0 Å². The van der Waals surface area contributed by atoms with Gasteiger partial charge in [-0.25, -0.2) is 8.78 Å². The summed E-state index contributed by atoms with van der Waals surface area (Å²) in [6.07, 6.45) is 2.56. The summed E-state index contributed by atoms with van der Waals surface area (Å²) >= 11 is 0. The predicted octanol–water partition coefficient (Wildman–Crippen LogP) is 4.29. The number of rotatable bonds is 6. The molecule has 1 aliphatic rings. The van der Waals surface area contributed by atoms with Gasteiger partial charge in [-0.2, -0.15) is 4.98 Å². The largest absolute Gasteiger partial charge is 0.343 e. The number of pyridine rings is 1. The number of nitrogens with zero attached hydrogens (tertiary/aromatic N) is 4. The third kappa shape index (κ3) is 5.18. The van der Waals surface area contributed by atoms with Crippen molar-refractivity contribution in [1.82, 2.24) is 20.0 Å². The molecule has 0 atom stereocenters. The number of carbonyl (C=O) groups excluding carboxylic acids is 1. The Hall–Kier alpha value is -3.16. The molecule has 2 aromatic heterocycles. The highest BCUT2D eigenvalue weighted by molar-refractivity contribution is 5.76. The molecule has 0 aliphatic carbocycles. The van der Waals surface area contributed by atoms with Crippen molar-refractivity contribution in [2.75, 3.05) is 13.1 Å². The minimum Gasteiger partial charge on any atom is -0.343 e. The molecule has 0 saturated carbocycles. The van der Waals surface area contributed by atoms with Gasteiger partial charge in [0.2, 0.25) is 11.8 Å². The van der Waals surface area contributed by atoms with Gasteiger partial charge in [-0.05, 0) is 56.5 Å². The van der Waals surface area contributed by atoms with Crippen molar-refractivity contribution in [3.63, 3.8) is 0 Å². The molecule has 1 fully saturated rings. The van der Waals surface area contributed by atoms with Crippen LogP contribution in [0.15, 0.2) is 34.9 Å². The lowest BCUT2D eigenvalue weighted by molar-refractivity contribution is -0.132. The number of benzene rings is 1. The molecule has 1 aliphatic heterocycles. The smallest absolute Gasteiger partial charge is 0.227 e. The van der Waals surface area contributed by atoms with Gasteiger partial charge < -0.3 is 9.42 Å². The Morgan fingerprint density at radius 3 is 2.50 bits per heavy atom. The van der Waals surface area contributed by atoms with E-state index in [1.807, 2.05) is 24.0 Å². The molecule has 3 heterocycles. The second-order valence-electron chi connectivity index (χ2n) is 8.31. The molecule has 0 spiro atoms. The Morgan fingerprint density at radius 2 is 1.84 bits per heavy atom. The lowest BCUT2D eigenvalue weighted by Crippen LogP contribution is -2.38. The van der Waals surface area contributed by atoms with E-state index in [9.17, 15) is 13.6 Å². The maximum atomic E-state index is 14.1. The minimum atomic E-state index is -0.538. The molecule has 8 heteroatoms. The molecule has 32 heavy (non-hydrogen) atoms. The molecule has 0 radical (unpaired) electrons. The van der Waals surface area contributed by atoms with Crippen molar-refractivity contribution in [2.24, 2.45) is 0 Å². The second kappa shape index (κ2) is 9.54. The number of hydrogen-bond donors (Lipinski definition) is 0. The molecule has 1 saturated heterocycles. The number of aromatic nitrogens is 3. The van der Waals surface area contributed by atoms with Crippen molar-refractivity contribution < 1.29 is 18.1 Å². The van der Waals surface area contributed by atoms with Crippen LogP contribution in [0.25, 0.3) is 0 Å². The molecule has 1 amide bonds. The second-order valence-corrected chi connectivity index (χ2v) is 8.31. The van der Waals surface area contributed by atoms with Crippen molar-refractivity contribution in [3.8, 4) is 0 Å². The van der Waals surface area contributed by atoms with Crippen molar-refractivity contribution in [1.29, 1.82) is 0 Å². The number of amides is 1. The van der Waals surface area contributed by atoms with Crippen molar-refractivity contribution in [2.45, 2.75) is 51.9 Å². The maximum Gasteiger partial charge on any atom is 0.227 e. The normalized spacial score (nSPS) is 14.7. The Balaban J connectivity index is 1.37. The standard InChI is InChI=1S/C24H26F2N4O2/c1-15-12-17(13-19-20(25)4-3-5-21(19)26)14-22(27-15)18-8-10-30(11-9-18)24(31)7-6-23-28-16(2)29-32-23/h3-5,12,14,18H,6-11,13H2,1-2H3. The first-order valence-corrected chi connectivity index (χ1v) is 10.9. The van der Waals surface area contributed by atoms with Crippen LogP contribution in [0.1, 0.15) is 59.4 Å². The maximum absolute atomic E-state index is 14.1. The van der Waals surface area contributed by atoms with Crippen LogP contribution < -0.4 is 0 Å². The average molecular weight is 440 g/mol. The molecule has 3 aromatic rings. The zero-order valence-electron chi connectivity index (χ0n) is 18.3. The van der Waals surface area contributed by atoms with E-state index in [1.54, 1.807) is 6.92 Å². The van der Waals surface area contributed by atoms with Crippen LogP contribution >= 0.6 is 0 Å². The molecular weight excluding hydrogens is 414 g/mol. The summed E-state index contributed by atoms with van der Waals surface area (Å²) in [5, 5.41) is 3.74. The average Bonchev–Trinajstić information content (AvgIpc) is 3.19. The summed E-state index contributed by atoms with van der Waals surface area (Å²) in [5.74, 6) is 0.255. The molecule has 0 bridgehead atoms. The van der Waals surface area contributed by atoms with Crippen molar-refractivity contribution in [3.05, 3.63) is 76.2 Å². The fourth-order valence-electron chi connectivity index (χ4n) is 4.22. The fraction of sp³-hybridized carbons (Fsp3) is 0.417. The van der Waals surface area contributed by atoms with Crippen LogP contribution in [0.5, 0.6) is 0 Å². The number of likely N-dealkylation sites (tertiary alicyclic amines) is 1. The van der Waals surface area contributed by atoms with Gasteiger partial charge in [0.25, 0.3) is 0 Å². The lowest BCUT2D eigenvalue weighted by atomic mass is 9.91. The van der Waals surface area contributed by atoms with E-state index in [4.69, 9.17) is 4.52 Å². The zero-order valence-corrected chi connectivity index (χ0v) is 18.3. The van der Waals surface area contributed by atoms with Crippen LogP contribution in [0.2, 0.25) is 0 Å². The number of halogens is 2. The SMILES string of the molecule is Cc1cc(Cc2c(F)cccc2F)cc(C2CCN(C(=O)CCc3nc(C)no3)CC2)n1. The van der Waals surface area contributed by atoms with Gasteiger partial charge in [-0.15, -0.1) is 0 Å². The summed E-state index contributed by atoms with van der Waals surface area (Å²) in [6, 6.07) is 7.74. The third-order valence-electron chi connectivity index (χ3n) is 5.86. The summed E-state index contributed by atoms with van der Waals surface area (Å²) in [5.41, 5.74) is 2.65. The topological polar surface area (TPSA) is 72.1 Å². The van der Waals surface area contributed by atoms with Gasteiger partial charge in [-0.3, -0.25) is 9.78 Å². The van der Waals surface area contributed by atoms with Crippen molar-refractivity contribution >= 4 is 5.91 Å². The number of piperidine rings is 1. The van der Waals surface area contributed by atoms with Crippen LogP contribution in [-0.2, 0) is 17.6 Å². The first-order valence-electron chi connectivity index (χ1n) is 10.9. The summed E-state index contributed by atoms with van der Waals surface area (Å²) in [4.78, 5) is 23.2. The Labute approximate surface area is 185 Å². The molecule has 0 unspecified atom stereocenters. The van der Waals surface area contributed by atoms with Crippen LogP contribution in [0.3, 0.4) is 0 Å². The highest BCUT2D eigenvalue weighted by Gasteiger charge is 2.25. The first kappa shape index (κ1) is 22.0. The Morgan fingerprint density at radius 1 is 1.12 bits per heavy atom. The van der Waals surface area contributed by atoms with Gasteiger partial charge in [-0.1, -0.05) is 11.2 Å². The van der Waals surface area contributed by atoms with Gasteiger partial charge in [0.05, 0.1) is 0 Å². The Kier molecular flexibility index (Phi) is 6.58. The van der Waals surface area contributed by atoms with E-state index in [0.717, 1.165) is 29.8 Å². The molecule has 6 nitrogen and oxygen atoms in total. The van der Waals surface area contributed by atoms with Crippen LogP contribution in [0, 0.1) is 25.5 Å². The van der Waals surface area contributed by atoms with E-state index in [1.165, 1.54) is 18.2 Å². The first-order chi connectivity index (χ1) is 15.4. The van der Waals surface area contributed by atoms with Gasteiger partial charge >= 0.3 is 0 Å². The fourth-order valence-corrected chi connectivity index (χ4v) is 4.22. The monoisotopic (exact) mass is 440 g/mol. The van der Waals surface area contributed by atoms with E-state index in [2.05, 4.69) is 15.1 Å². The molecule has 1 aromatic carbocycles. The highest BCUT2D eigenvalue weighted by Crippen LogP contribution is 2.29. The molecule has 4 rings (SSSR count). The molecular formula is C24H26F2N4O2. The van der Waals surface area contributed by atoms with E-state index in [-0.39, 0.29) is 23.8 Å². The van der Waals surface area contributed by atoms with Crippen LogP contribution in [-0.4, -0.2) is 39.0 Å². The summed E-state index contributed by atoms with van der Waals surface area (Å²) in [7, 11) is 0. The van der Waals surface area contributed by atoms with E-state index in [0.29, 0.717) is 37.6 Å². The Bertz CT molecular complexity index is 1090. The van der Waals surface area contributed by atoms with Gasteiger partial charge in [0, 0.05) is 55.2 Å². The quantitative estimate of drug-likeness (QED) is 0.572. The van der Waals surface area contributed by atoms with Crippen LogP contribution in [0.4, 0.5) is 8.78 Å².